The van der Waals surface area contributed by atoms with E-state index in [9.17, 15) is 13.2 Å². The maximum Gasteiger partial charge on any atom is 0.349 e. The first-order chi connectivity index (χ1) is 9.29. The molecule has 0 aliphatic rings. The highest BCUT2D eigenvalue weighted by Gasteiger charge is 2.27. The van der Waals surface area contributed by atoms with Gasteiger partial charge in [-0.05, 0) is 31.7 Å². The van der Waals surface area contributed by atoms with Crippen molar-refractivity contribution >= 4 is 27.3 Å². The first-order valence-electron chi connectivity index (χ1n) is 6.07. The van der Waals surface area contributed by atoms with Crippen LogP contribution in [0.2, 0.25) is 0 Å². The van der Waals surface area contributed by atoms with Gasteiger partial charge in [-0.2, -0.15) is 0 Å². The predicted molar refractivity (Wildman–Crippen MR) is 76.7 cm³/mol. The lowest BCUT2D eigenvalue weighted by atomic mass is 10.3. The van der Waals surface area contributed by atoms with Crippen LogP contribution in [-0.2, 0) is 19.5 Å². The number of ether oxygens (including phenoxy) is 2. The van der Waals surface area contributed by atoms with Gasteiger partial charge in [-0.15, -0.1) is 11.3 Å². The molecule has 0 radical (unpaired) electrons. The van der Waals surface area contributed by atoms with Crippen LogP contribution < -0.4 is 4.72 Å². The molecule has 0 fully saturated rings. The summed E-state index contributed by atoms with van der Waals surface area (Å²) in [5, 5.41) is 1.62. The molecule has 0 aliphatic heterocycles. The van der Waals surface area contributed by atoms with Crippen LogP contribution in [-0.4, -0.2) is 40.8 Å². The maximum absolute atomic E-state index is 12.2. The normalized spacial score (nSPS) is 11.8. The van der Waals surface area contributed by atoms with E-state index in [4.69, 9.17) is 4.74 Å². The van der Waals surface area contributed by atoms with Gasteiger partial charge < -0.3 is 9.47 Å². The molecule has 0 bridgehead atoms. The average Bonchev–Trinajstić information content (AvgIpc) is 2.76. The molecular weight excluding hydrogens is 302 g/mol. The highest BCUT2D eigenvalue weighted by molar-refractivity contribution is 7.89. The lowest BCUT2D eigenvalue weighted by Gasteiger charge is -2.10. The maximum atomic E-state index is 12.2. The third kappa shape index (κ3) is 4.27. The van der Waals surface area contributed by atoms with E-state index in [1.807, 2.05) is 13.8 Å². The highest BCUT2D eigenvalue weighted by Crippen LogP contribution is 2.27. The molecule has 0 aromatic carbocycles. The molecular formula is C12H19NO5S2. The Hall–Kier alpha value is -0.960. The van der Waals surface area contributed by atoms with Crippen LogP contribution >= 0.6 is 11.3 Å². The number of methoxy groups -OCH3 is 1. The van der Waals surface area contributed by atoms with E-state index in [1.165, 1.54) is 7.11 Å². The smallest absolute Gasteiger partial charge is 0.349 e. The van der Waals surface area contributed by atoms with E-state index >= 15 is 0 Å². The summed E-state index contributed by atoms with van der Waals surface area (Å²) in [6.07, 6.45) is 0.0352. The number of aryl methyl sites for hydroxylation is 1. The minimum Gasteiger partial charge on any atom is -0.465 e. The fourth-order valence-electron chi connectivity index (χ4n) is 1.54. The molecule has 0 spiro atoms. The van der Waals surface area contributed by atoms with Gasteiger partial charge in [0.15, 0.2) is 0 Å². The minimum atomic E-state index is -3.75. The molecule has 1 aromatic rings. The second-order valence-corrected chi connectivity index (χ2v) is 6.97. The van der Waals surface area contributed by atoms with Gasteiger partial charge >= 0.3 is 5.97 Å². The summed E-state index contributed by atoms with van der Waals surface area (Å²) in [5.41, 5.74) is 0.521. The molecule has 0 saturated carbocycles. The van der Waals surface area contributed by atoms with E-state index in [-0.39, 0.29) is 29.0 Å². The number of thiophene rings is 1. The van der Waals surface area contributed by atoms with Crippen molar-refractivity contribution in [1.82, 2.24) is 4.72 Å². The molecule has 1 rings (SSSR count). The molecule has 0 atom stereocenters. The Morgan fingerprint density at radius 3 is 2.65 bits per heavy atom. The van der Waals surface area contributed by atoms with Gasteiger partial charge in [0, 0.05) is 6.54 Å². The minimum absolute atomic E-state index is 0.0149. The number of carbonyl (C=O) groups excluding carboxylic acids is 1. The number of sulfonamides is 1. The van der Waals surface area contributed by atoms with Crippen LogP contribution in [0.1, 0.15) is 29.1 Å². The van der Waals surface area contributed by atoms with E-state index in [0.717, 1.165) is 11.3 Å². The van der Waals surface area contributed by atoms with Crippen molar-refractivity contribution in [3.8, 4) is 0 Å². The molecule has 8 heteroatoms. The van der Waals surface area contributed by atoms with Crippen molar-refractivity contribution in [2.24, 2.45) is 0 Å². The lowest BCUT2D eigenvalue weighted by molar-refractivity contribution is 0.0602. The Bertz CT molecular complexity index is 562. The summed E-state index contributed by atoms with van der Waals surface area (Å²) in [6, 6.07) is 0. The zero-order valence-corrected chi connectivity index (χ0v) is 13.6. The van der Waals surface area contributed by atoms with Crippen molar-refractivity contribution in [2.45, 2.75) is 31.8 Å². The SMILES string of the molecule is COC(=O)c1scc(C)c1S(=O)(=O)NCCOC(C)C. The Kier molecular flexibility index (Phi) is 6.12. The topological polar surface area (TPSA) is 81.7 Å². The second-order valence-electron chi connectivity index (χ2n) is 4.39. The number of hydrogen-bond donors (Lipinski definition) is 1. The molecule has 20 heavy (non-hydrogen) atoms. The molecule has 0 amide bonds. The number of hydrogen-bond acceptors (Lipinski definition) is 6. The van der Waals surface area contributed by atoms with E-state index in [2.05, 4.69) is 9.46 Å². The van der Waals surface area contributed by atoms with Crippen LogP contribution in [0.3, 0.4) is 0 Å². The van der Waals surface area contributed by atoms with E-state index < -0.39 is 16.0 Å². The molecule has 114 valence electrons. The Morgan fingerprint density at radius 1 is 1.45 bits per heavy atom. The number of carbonyl (C=O) groups is 1. The summed E-state index contributed by atoms with van der Waals surface area (Å²) in [6.45, 7) is 5.80. The largest absolute Gasteiger partial charge is 0.465 e. The predicted octanol–water partition coefficient (Wildman–Crippen LogP) is 1.55. The van der Waals surface area contributed by atoms with Gasteiger partial charge in [-0.25, -0.2) is 17.9 Å². The van der Waals surface area contributed by atoms with Crippen LogP contribution in [0.4, 0.5) is 0 Å². The monoisotopic (exact) mass is 321 g/mol. The van der Waals surface area contributed by atoms with Gasteiger partial charge in [0.2, 0.25) is 10.0 Å². The average molecular weight is 321 g/mol. The van der Waals surface area contributed by atoms with Crippen molar-refractivity contribution in [2.75, 3.05) is 20.3 Å². The van der Waals surface area contributed by atoms with Crippen molar-refractivity contribution in [3.63, 3.8) is 0 Å². The molecule has 1 N–H and O–H groups in total. The van der Waals surface area contributed by atoms with Crippen LogP contribution in [0.5, 0.6) is 0 Å². The Balaban J connectivity index is 2.87. The fraction of sp³-hybridized carbons (Fsp3) is 0.583. The molecule has 0 aliphatic carbocycles. The second kappa shape index (κ2) is 7.16. The first kappa shape index (κ1) is 17.1. The van der Waals surface area contributed by atoms with Gasteiger partial charge in [-0.3, -0.25) is 0 Å². The zero-order chi connectivity index (χ0) is 15.3. The van der Waals surface area contributed by atoms with Crippen LogP contribution in [0, 0.1) is 6.92 Å². The standard InChI is InChI=1S/C12H19NO5S2/c1-8(2)18-6-5-13-20(15,16)11-9(3)7-19-10(11)12(14)17-4/h7-8,13H,5-6H2,1-4H3. The van der Waals surface area contributed by atoms with Gasteiger partial charge in [0.1, 0.15) is 9.77 Å². The summed E-state index contributed by atoms with van der Waals surface area (Å²) >= 11 is 1.05. The van der Waals surface area contributed by atoms with Crippen molar-refractivity contribution in [3.05, 3.63) is 15.8 Å². The van der Waals surface area contributed by atoms with Crippen LogP contribution in [0.25, 0.3) is 0 Å². The van der Waals surface area contributed by atoms with Crippen molar-refractivity contribution in [1.29, 1.82) is 0 Å². The first-order valence-corrected chi connectivity index (χ1v) is 8.43. The summed E-state index contributed by atoms with van der Waals surface area (Å²) in [5.74, 6) is -0.651. The van der Waals surface area contributed by atoms with E-state index in [0.29, 0.717) is 5.56 Å². The van der Waals surface area contributed by atoms with Gasteiger partial charge in [0.05, 0.1) is 19.8 Å². The molecule has 1 aromatic heterocycles. The van der Waals surface area contributed by atoms with Crippen molar-refractivity contribution < 1.29 is 22.7 Å². The number of rotatable bonds is 7. The summed E-state index contributed by atoms with van der Waals surface area (Å²) < 4.78 is 36.8. The Labute approximate surface area is 123 Å². The highest BCUT2D eigenvalue weighted by atomic mass is 32.2. The number of nitrogens with one attached hydrogen (secondary N) is 1. The van der Waals surface area contributed by atoms with Gasteiger partial charge in [0.25, 0.3) is 0 Å². The quantitative estimate of drug-likeness (QED) is 0.608. The fourth-order valence-corrected chi connectivity index (χ4v) is 4.26. The van der Waals surface area contributed by atoms with Crippen LogP contribution in [0.15, 0.2) is 10.3 Å². The van der Waals surface area contributed by atoms with E-state index in [1.54, 1.807) is 12.3 Å². The molecule has 0 saturated heterocycles. The Morgan fingerprint density at radius 2 is 2.10 bits per heavy atom. The third-order valence-corrected chi connectivity index (χ3v) is 5.26. The van der Waals surface area contributed by atoms with Gasteiger partial charge in [-0.1, -0.05) is 0 Å². The summed E-state index contributed by atoms with van der Waals surface area (Å²) in [7, 11) is -2.53. The lowest BCUT2D eigenvalue weighted by Crippen LogP contribution is -2.29. The number of esters is 1. The zero-order valence-electron chi connectivity index (χ0n) is 11.9. The molecule has 1 heterocycles. The molecule has 0 unspecified atom stereocenters. The third-order valence-electron chi connectivity index (χ3n) is 2.40. The summed E-state index contributed by atoms with van der Waals surface area (Å²) in [4.78, 5) is 11.7. The molecule has 6 nitrogen and oxygen atoms in total.